The van der Waals surface area contributed by atoms with Gasteiger partial charge in [-0.25, -0.2) is 0 Å². The summed E-state index contributed by atoms with van der Waals surface area (Å²) >= 11 is 0. The zero-order chi connectivity index (χ0) is 5.54. The molecule has 0 aliphatic carbocycles. The second-order valence-electron chi connectivity index (χ2n) is 1.33. The number of hydrogen-bond donors (Lipinski definition) is 3. The van der Waals surface area contributed by atoms with Gasteiger partial charge in [0.15, 0.2) is 0 Å². The standard InChI is InChI=1S/C4H13N3.5Na/c5-1-3-7-4-2-6;;;;;/h7H,1-6H2;;;;;. The first-order valence-electron chi connectivity index (χ1n) is 2.52. The Balaban J connectivity index is -0.0000000180. The van der Waals surface area contributed by atoms with Crippen LogP contribution in [0.1, 0.15) is 0 Å². The topological polar surface area (TPSA) is 64.1 Å². The molecule has 5 radical (unpaired) electrons. The van der Waals surface area contributed by atoms with Crippen molar-refractivity contribution in [3.8, 4) is 0 Å². The van der Waals surface area contributed by atoms with Crippen LogP contribution in [0.15, 0.2) is 0 Å². The van der Waals surface area contributed by atoms with Crippen molar-refractivity contribution >= 4 is 148 Å². The molecular weight excluding hydrogens is 205 g/mol. The SMILES string of the molecule is NCCNCCN.[Na].[Na].[Na].[Na].[Na]. The first kappa shape index (κ1) is 36.0. The number of hydrogen-bond acceptors (Lipinski definition) is 3. The van der Waals surface area contributed by atoms with Gasteiger partial charge in [0.25, 0.3) is 0 Å². The molecular formula is C4H13N3Na5. The number of nitrogens with two attached hydrogens (primary N) is 2. The van der Waals surface area contributed by atoms with Gasteiger partial charge < -0.3 is 16.8 Å². The van der Waals surface area contributed by atoms with Gasteiger partial charge in [0.05, 0.1) is 0 Å². The molecule has 0 aliphatic heterocycles. The maximum Gasteiger partial charge on any atom is 0.00750 e. The predicted octanol–water partition coefficient (Wildman–Crippen LogP) is -3.41. The molecule has 12 heavy (non-hydrogen) atoms. The van der Waals surface area contributed by atoms with E-state index in [4.69, 9.17) is 11.5 Å². The smallest absolute Gasteiger partial charge is 0.00750 e. The summed E-state index contributed by atoms with van der Waals surface area (Å²) in [6.45, 7) is 3.13. The molecule has 3 nitrogen and oxygen atoms in total. The monoisotopic (exact) mass is 218 g/mol. The fraction of sp³-hybridized carbons (Fsp3) is 1.00. The average molecular weight is 218 g/mol. The molecule has 49 valence electrons. The molecule has 0 fully saturated rings. The van der Waals surface area contributed by atoms with Gasteiger partial charge in [-0.3, -0.25) is 0 Å². The van der Waals surface area contributed by atoms with E-state index < -0.39 is 0 Å². The molecule has 0 spiro atoms. The largest absolute Gasteiger partial charge is 0.329 e. The third-order valence-electron chi connectivity index (χ3n) is 0.642. The Bertz CT molecular complexity index is 37.9. The summed E-state index contributed by atoms with van der Waals surface area (Å²) in [4.78, 5) is 0. The quantitative estimate of drug-likeness (QED) is 0.340. The molecule has 0 aromatic heterocycles. The van der Waals surface area contributed by atoms with Gasteiger partial charge in [-0.1, -0.05) is 0 Å². The Kier molecular flexibility index (Phi) is 108. The van der Waals surface area contributed by atoms with E-state index in [0.717, 1.165) is 13.1 Å². The summed E-state index contributed by atoms with van der Waals surface area (Å²) in [5.41, 5.74) is 10.3. The first-order valence-corrected chi connectivity index (χ1v) is 2.52. The Hall–Kier alpha value is 4.88. The van der Waals surface area contributed by atoms with Crippen molar-refractivity contribution in [2.24, 2.45) is 11.5 Å². The van der Waals surface area contributed by atoms with Crippen molar-refractivity contribution in [3.05, 3.63) is 0 Å². The van der Waals surface area contributed by atoms with E-state index in [2.05, 4.69) is 5.32 Å². The molecule has 0 atom stereocenters. The summed E-state index contributed by atoms with van der Waals surface area (Å²) in [7, 11) is 0. The second kappa shape index (κ2) is 36.0. The normalized spacial score (nSPS) is 5.50. The molecule has 5 N–H and O–H groups in total. The molecule has 0 aromatic carbocycles. The second-order valence-corrected chi connectivity index (χ2v) is 1.33. The summed E-state index contributed by atoms with van der Waals surface area (Å²) in [5.74, 6) is 0. The van der Waals surface area contributed by atoms with Gasteiger partial charge in [-0.15, -0.1) is 0 Å². The van der Waals surface area contributed by atoms with Gasteiger partial charge >= 0.3 is 0 Å². The van der Waals surface area contributed by atoms with E-state index in [1.54, 1.807) is 0 Å². The number of nitrogens with one attached hydrogen (secondary N) is 1. The van der Waals surface area contributed by atoms with E-state index in [1.165, 1.54) is 0 Å². The van der Waals surface area contributed by atoms with Crippen LogP contribution in [0.3, 0.4) is 0 Å². The Labute approximate surface area is 186 Å². The van der Waals surface area contributed by atoms with Crippen LogP contribution >= 0.6 is 0 Å². The van der Waals surface area contributed by atoms with Gasteiger partial charge in [0, 0.05) is 174 Å². The maximum absolute atomic E-state index is 5.17. The molecule has 0 aliphatic rings. The summed E-state index contributed by atoms with van der Waals surface area (Å²) < 4.78 is 0. The molecule has 0 rings (SSSR count). The number of rotatable bonds is 4. The van der Waals surface area contributed by atoms with Crippen LogP contribution in [0.4, 0.5) is 0 Å². The Morgan fingerprint density at radius 2 is 0.917 bits per heavy atom. The van der Waals surface area contributed by atoms with Gasteiger partial charge in [-0.05, 0) is 0 Å². The Morgan fingerprint density at radius 1 is 0.667 bits per heavy atom. The van der Waals surface area contributed by atoms with E-state index in [-0.39, 0.29) is 148 Å². The summed E-state index contributed by atoms with van der Waals surface area (Å²) in [5, 5.41) is 3.03. The van der Waals surface area contributed by atoms with Crippen LogP contribution in [-0.4, -0.2) is 174 Å². The minimum absolute atomic E-state index is 0. The van der Waals surface area contributed by atoms with Crippen LogP contribution in [0.5, 0.6) is 0 Å². The predicted molar refractivity (Wildman–Crippen MR) is 59.7 cm³/mol. The van der Waals surface area contributed by atoms with Crippen molar-refractivity contribution < 1.29 is 0 Å². The van der Waals surface area contributed by atoms with Crippen molar-refractivity contribution in [2.75, 3.05) is 26.2 Å². The van der Waals surface area contributed by atoms with Crippen molar-refractivity contribution in [1.82, 2.24) is 5.32 Å². The van der Waals surface area contributed by atoms with Crippen molar-refractivity contribution in [2.45, 2.75) is 0 Å². The van der Waals surface area contributed by atoms with Crippen molar-refractivity contribution in [1.29, 1.82) is 0 Å². The molecule has 0 amide bonds. The zero-order valence-corrected chi connectivity index (χ0v) is 19.5. The summed E-state index contributed by atoms with van der Waals surface area (Å²) in [6, 6.07) is 0. The van der Waals surface area contributed by atoms with Crippen LogP contribution in [0.2, 0.25) is 0 Å². The fourth-order valence-corrected chi connectivity index (χ4v) is 0.329. The maximum atomic E-state index is 5.17. The van der Waals surface area contributed by atoms with E-state index in [9.17, 15) is 0 Å². The van der Waals surface area contributed by atoms with Gasteiger partial charge in [-0.2, -0.15) is 0 Å². The molecule has 0 unspecified atom stereocenters. The average Bonchev–Trinajstić information content (AvgIpc) is 1.69. The molecule has 0 saturated carbocycles. The van der Waals surface area contributed by atoms with Gasteiger partial charge in [0.2, 0.25) is 0 Å². The van der Waals surface area contributed by atoms with Gasteiger partial charge in [0.1, 0.15) is 0 Å². The third-order valence-corrected chi connectivity index (χ3v) is 0.642. The van der Waals surface area contributed by atoms with Crippen LogP contribution in [0.25, 0.3) is 0 Å². The van der Waals surface area contributed by atoms with Crippen LogP contribution < -0.4 is 16.8 Å². The molecule has 0 heterocycles. The first-order chi connectivity index (χ1) is 3.41. The fourth-order valence-electron chi connectivity index (χ4n) is 0.329. The van der Waals surface area contributed by atoms with E-state index >= 15 is 0 Å². The van der Waals surface area contributed by atoms with Crippen LogP contribution in [0, 0.1) is 0 Å². The van der Waals surface area contributed by atoms with E-state index in [1.807, 2.05) is 0 Å². The minimum Gasteiger partial charge on any atom is -0.329 e. The van der Waals surface area contributed by atoms with Crippen LogP contribution in [-0.2, 0) is 0 Å². The van der Waals surface area contributed by atoms with Crippen molar-refractivity contribution in [3.63, 3.8) is 0 Å². The molecule has 0 bridgehead atoms. The van der Waals surface area contributed by atoms with E-state index in [0.29, 0.717) is 13.1 Å². The summed E-state index contributed by atoms with van der Waals surface area (Å²) in [6.07, 6.45) is 0. The third kappa shape index (κ3) is 36.4. The zero-order valence-electron chi connectivity index (χ0n) is 9.48. The molecule has 0 aromatic rings. The molecule has 0 saturated heterocycles. The minimum atomic E-state index is 0. The Morgan fingerprint density at radius 3 is 1.08 bits per heavy atom. The molecule has 8 heteroatoms.